The third-order valence-corrected chi connectivity index (χ3v) is 3.89. The zero-order valence-electron chi connectivity index (χ0n) is 8.04. The fourth-order valence-corrected chi connectivity index (χ4v) is 3.14. The van der Waals surface area contributed by atoms with Crippen LogP contribution in [0.1, 0.15) is 25.7 Å². The first-order chi connectivity index (χ1) is 6.45. The van der Waals surface area contributed by atoms with Crippen LogP contribution in [0.5, 0.6) is 0 Å². The van der Waals surface area contributed by atoms with Gasteiger partial charge in [-0.2, -0.15) is 5.48 Å². The Bertz CT molecular complexity index is 197. The lowest BCUT2D eigenvalue weighted by Crippen LogP contribution is -2.56. The molecule has 0 amide bonds. The number of hydroxylamine groups is 1. The summed E-state index contributed by atoms with van der Waals surface area (Å²) < 4.78 is 0. The fraction of sp³-hybridized carbons (Fsp3) is 1.00. The minimum absolute atomic E-state index is 0.633. The summed E-state index contributed by atoms with van der Waals surface area (Å²) in [5.41, 5.74) is 3.22. The molecule has 1 N–H and O–H groups in total. The standard InChI is InChI=1S/C10H18N2O/c1-2-5-12-6-4-8-7-13-11-10(8)9(12)3-1/h8-11H,1-7H2/t8-,9+,10+/m1/s1. The zero-order valence-corrected chi connectivity index (χ0v) is 8.04. The van der Waals surface area contributed by atoms with E-state index in [0.29, 0.717) is 6.04 Å². The third-order valence-electron chi connectivity index (χ3n) is 3.89. The van der Waals surface area contributed by atoms with Crippen LogP contribution in [0.15, 0.2) is 0 Å². The molecule has 3 saturated heterocycles. The molecule has 3 heteroatoms. The molecule has 0 aromatic carbocycles. The molecule has 3 rings (SSSR count). The van der Waals surface area contributed by atoms with E-state index in [4.69, 9.17) is 4.84 Å². The van der Waals surface area contributed by atoms with E-state index in [9.17, 15) is 0 Å². The second kappa shape index (κ2) is 3.23. The summed E-state index contributed by atoms with van der Waals surface area (Å²) in [4.78, 5) is 8.02. The van der Waals surface area contributed by atoms with Crippen LogP contribution in [0.3, 0.4) is 0 Å². The molecule has 0 spiro atoms. The fourth-order valence-electron chi connectivity index (χ4n) is 3.14. The molecule has 74 valence electrons. The molecular weight excluding hydrogens is 164 g/mol. The van der Waals surface area contributed by atoms with Crippen LogP contribution in [0.25, 0.3) is 0 Å². The van der Waals surface area contributed by atoms with Crippen molar-refractivity contribution < 1.29 is 4.84 Å². The summed E-state index contributed by atoms with van der Waals surface area (Å²) in [6.45, 7) is 3.56. The summed E-state index contributed by atoms with van der Waals surface area (Å²) in [6.07, 6.45) is 5.51. The quantitative estimate of drug-likeness (QED) is 0.598. The van der Waals surface area contributed by atoms with E-state index in [-0.39, 0.29) is 0 Å². The average Bonchev–Trinajstić information content (AvgIpc) is 2.65. The Hall–Kier alpha value is -0.120. The SMILES string of the molecule is C1CCN2CC[C@@H]3CON[C@@H]3[C@@H]2C1. The van der Waals surface area contributed by atoms with Gasteiger partial charge < -0.3 is 4.84 Å². The predicted molar refractivity (Wildman–Crippen MR) is 50.2 cm³/mol. The van der Waals surface area contributed by atoms with Crippen LogP contribution in [-0.4, -0.2) is 36.7 Å². The molecular formula is C10H18N2O. The van der Waals surface area contributed by atoms with Crippen LogP contribution < -0.4 is 5.48 Å². The van der Waals surface area contributed by atoms with Crippen LogP contribution in [0.2, 0.25) is 0 Å². The number of nitrogens with zero attached hydrogens (tertiary/aromatic N) is 1. The van der Waals surface area contributed by atoms with Gasteiger partial charge in [0.2, 0.25) is 0 Å². The first kappa shape index (κ1) is 8.21. The molecule has 3 aliphatic rings. The van der Waals surface area contributed by atoms with Gasteiger partial charge in [0.05, 0.1) is 12.6 Å². The highest BCUT2D eigenvalue weighted by atomic mass is 16.7. The highest BCUT2D eigenvalue weighted by molar-refractivity contribution is 4.96. The van der Waals surface area contributed by atoms with Crippen LogP contribution in [-0.2, 0) is 4.84 Å². The average molecular weight is 182 g/mol. The van der Waals surface area contributed by atoms with Gasteiger partial charge in [0.25, 0.3) is 0 Å². The van der Waals surface area contributed by atoms with Gasteiger partial charge in [-0.3, -0.25) is 4.90 Å². The highest BCUT2D eigenvalue weighted by Gasteiger charge is 2.42. The van der Waals surface area contributed by atoms with E-state index in [1.165, 1.54) is 38.8 Å². The van der Waals surface area contributed by atoms with E-state index < -0.39 is 0 Å². The van der Waals surface area contributed by atoms with Gasteiger partial charge in [0.15, 0.2) is 0 Å². The molecule has 3 heterocycles. The lowest BCUT2D eigenvalue weighted by molar-refractivity contribution is 0.0386. The topological polar surface area (TPSA) is 24.5 Å². The first-order valence-electron chi connectivity index (χ1n) is 5.56. The molecule has 13 heavy (non-hydrogen) atoms. The minimum Gasteiger partial charge on any atom is -0.301 e. The van der Waals surface area contributed by atoms with Crippen LogP contribution in [0.4, 0.5) is 0 Å². The second-order valence-electron chi connectivity index (χ2n) is 4.60. The molecule has 3 atom stereocenters. The van der Waals surface area contributed by atoms with Crippen molar-refractivity contribution in [3.05, 3.63) is 0 Å². The van der Waals surface area contributed by atoms with E-state index >= 15 is 0 Å². The minimum atomic E-state index is 0.633. The number of hydrogen-bond acceptors (Lipinski definition) is 3. The second-order valence-corrected chi connectivity index (χ2v) is 4.60. The predicted octanol–water partition coefficient (Wildman–Crippen LogP) is 0.764. The Labute approximate surface area is 79.4 Å². The molecule has 0 bridgehead atoms. The van der Waals surface area contributed by atoms with Gasteiger partial charge in [-0.25, -0.2) is 0 Å². The highest BCUT2D eigenvalue weighted by Crippen LogP contribution is 2.32. The largest absolute Gasteiger partial charge is 0.301 e. The lowest BCUT2D eigenvalue weighted by Gasteiger charge is -2.44. The Morgan fingerprint density at radius 2 is 2.15 bits per heavy atom. The maximum atomic E-state index is 5.36. The molecule has 0 radical (unpaired) electrons. The number of nitrogens with one attached hydrogen (secondary N) is 1. The molecule has 0 aromatic rings. The Balaban J connectivity index is 1.77. The first-order valence-corrected chi connectivity index (χ1v) is 5.56. The van der Waals surface area contributed by atoms with E-state index in [1.807, 2.05) is 0 Å². The smallest absolute Gasteiger partial charge is 0.0727 e. The maximum Gasteiger partial charge on any atom is 0.0727 e. The van der Waals surface area contributed by atoms with E-state index in [2.05, 4.69) is 10.4 Å². The van der Waals surface area contributed by atoms with Gasteiger partial charge in [-0.1, -0.05) is 6.42 Å². The van der Waals surface area contributed by atoms with Crippen LogP contribution in [0, 0.1) is 5.92 Å². The van der Waals surface area contributed by atoms with Crippen LogP contribution >= 0.6 is 0 Å². The van der Waals surface area contributed by atoms with Crippen molar-refractivity contribution in [1.82, 2.24) is 10.4 Å². The van der Waals surface area contributed by atoms with Crippen molar-refractivity contribution in [2.75, 3.05) is 19.7 Å². The van der Waals surface area contributed by atoms with E-state index in [1.54, 1.807) is 0 Å². The van der Waals surface area contributed by atoms with Crippen molar-refractivity contribution in [2.24, 2.45) is 5.92 Å². The number of hydrogen-bond donors (Lipinski definition) is 1. The van der Waals surface area contributed by atoms with Gasteiger partial charge in [0.1, 0.15) is 0 Å². The monoisotopic (exact) mass is 182 g/mol. The molecule has 0 saturated carbocycles. The van der Waals surface area contributed by atoms with Crippen molar-refractivity contribution in [3.8, 4) is 0 Å². The zero-order chi connectivity index (χ0) is 8.67. The van der Waals surface area contributed by atoms with Gasteiger partial charge in [0, 0.05) is 12.0 Å². The molecule has 3 fully saturated rings. The summed E-state index contributed by atoms with van der Waals surface area (Å²) in [6, 6.07) is 1.41. The Kier molecular flexibility index (Phi) is 2.04. The van der Waals surface area contributed by atoms with Crippen molar-refractivity contribution >= 4 is 0 Å². The molecule has 3 nitrogen and oxygen atoms in total. The molecule has 3 aliphatic heterocycles. The molecule has 0 aliphatic carbocycles. The van der Waals surface area contributed by atoms with Gasteiger partial charge >= 0.3 is 0 Å². The van der Waals surface area contributed by atoms with Crippen molar-refractivity contribution in [3.63, 3.8) is 0 Å². The summed E-state index contributed by atoms with van der Waals surface area (Å²) >= 11 is 0. The number of piperidine rings is 2. The molecule has 0 unspecified atom stereocenters. The number of fused-ring (bicyclic) bond motifs is 3. The number of rotatable bonds is 0. The maximum absolute atomic E-state index is 5.36. The van der Waals surface area contributed by atoms with Crippen molar-refractivity contribution in [2.45, 2.75) is 37.8 Å². The summed E-state index contributed by atoms with van der Waals surface area (Å²) in [5, 5.41) is 0. The summed E-state index contributed by atoms with van der Waals surface area (Å²) in [7, 11) is 0. The Morgan fingerprint density at radius 1 is 1.15 bits per heavy atom. The Morgan fingerprint density at radius 3 is 3.15 bits per heavy atom. The van der Waals surface area contributed by atoms with Gasteiger partial charge in [-0.15, -0.1) is 0 Å². The molecule has 0 aromatic heterocycles. The third kappa shape index (κ3) is 1.30. The van der Waals surface area contributed by atoms with Crippen molar-refractivity contribution in [1.29, 1.82) is 0 Å². The summed E-state index contributed by atoms with van der Waals surface area (Å²) in [5.74, 6) is 0.791. The normalized spacial score (nSPS) is 45.7. The lowest BCUT2D eigenvalue weighted by atomic mass is 9.83. The van der Waals surface area contributed by atoms with Gasteiger partial charge in [-0.05, 0) is 32.4 Å². The van der Waals surface area contributed by atoms with E-state index in [0.717, 1.165) is 18.6 Å².